The molecule has 20 heavy (non-hydrogen) atoms. The van der Waals surface area contributed by atoms with Gasteiger partial charge in [0.2, 0.25) is 0 Å². The molecule has 2 heteroatoms. The van der Waals surface area contributed by atoms with Gasteiger partial charge in [-0.15, -0.1) is 0 Å². The van der Waals surface area contributed by atoms with Gasteiger partial charge in [-0.2, -0.15) is 0 Å². The lowest BCUT2D eigenvalue weighted by atomic mass is 9.70. The van der Waals surface area contributed by atoms with E-state index < -0.39 is 11.0 Å². The summed E-state index contributed by atoms with van der Waals surface area (Å²) in [6, 6.07) is 19.9. The van der Waals surface area contributed by atoms with Crippen LogP contribution in [0.2, 0.25) is 0 Å². The molecule has 3 rings (SSSR count). The van der Waals surface area contributed by atoms with Crippen LogP contribution < -0.4 is 0 Å². The summed E-state index contributed by atoms with van der Waals surface area (Å²) >= 11 is 0. The third-order valence-corrected chi connectivity index (χ3v) is 3.94. The van der Waals surface area contributed by atoms with Crippen LogP contribution in [0.1, 0.15) is 31.4 Å². The number of carbonyl (C=O) groups excluding carboxylic acids is 1. The van der Waals surface area contributed by atoms with Crippen molar-refractivity contribution < 1.29 is 9.53 Å². The zero-order chi connectivity index (χ0) is 14.2. The van der Waals surface area contributed by atoms with E-state index in [1.54, 1.807) is 0 Å². The Bertz CT molecular complexity index is 575. The minimum absolute atomic E-state index is 0.153. The van der Waals surface area contributed by atoms with Crippen molar-refractivity contribution in [2.45, 2.75) is 31.3 Å². The fraction of sp³-hybridized carbons (Fsp3) is 0.278. The molecule has 1 aliphatic heterocycles. The topological polar surface area (TPSA) is 26.3 Å². The third kappa shape index (κ3) is 1.92. The van der Waals surface area contributed by atoms with Crippen molar-refractivity contribution in [3.8, 4) is 0 Å². The maximum atomic E-state index is 12.7. The van der Waals surface area contributed by atoms with E-state index in [0.717, 1.165) is 11.1 Å². The number of cyclic esters (lactones) is 1. The summed E-state index contributed by atoms with van der Waals surface area (Å²) in [7, 11) is 0. The van der Waals surface area contributed by atoms with Crippen molar-refractivity contribution in [2.24, 2.45) is 0 Å². The van der Waals surface area contributed by atoms with Gasteiger partial charge in [0.15, 0.2) is 0 Å². The summed E-state index contributed by atoms with van der Waals surface area (Å²) in [5.41, 5.74) is 0.873. The van der Waals surface area contributed by atoms with Crippen molar-refractivity contribution in [3.05, 3.63) is 71.8 Å². The first-order valence-corrected chi connectivity index (χ1v) is 6.89. The van der Waals surface area contributed by atoms with E-state index in [1.807, 2.05) is 74.5 Å². The molecule has 0 spiro atoms. The van der Waals surface area contributed by atoms with Crippen LogP contribution in [-0.2, 0) is 14.9 Å². The molecule has 0 radical (unpaired) electrons. The molecule has 0 atom stereocenters. The van der Waals surface area contributed by atoms with E-state index >= 15 is 0 Å². The zero-order valence-corrected chi connectivity index (χ0v) is 11.8. The van der Waals surface area contributed by atoms with Crippen molar-refractivity contribution >= 4 is 5.97 Å². The van der Waals surface area contributed by atoms with E-state index in [9.17, 15) is 4.79 Å². The molecule has 0 unspecified atom stereocenters. The number of carbonyl (C=O) groups is 1. The monoisotopic (exact) mass is 266 g/mol. The van der Waals surface area contributed by atoms with Gasteiger partial charge in [-0.3, -0.25) is 4.79 Å². The Morgan fingerprint density at radius 3 is 1.65 bits per heavy atom. The van der Waals surface area contributed by atoms with E-state index in [2.05, 4.69) is 0 Å². The van der Waals surface area contributed by atoms with Crippen LogP contribution in [0.4, 0.5) is 0 Å². The SMILES string of the molecule is CC1(C)CC(c2ccccc2)(c2ccccc2)C(=O)O1. The molecule has 2 nitrogen and oxygen atoms in total. The first-order chi connectivity index (χ1) is 9.55. The second kappa shape index (κ2) is 4.48. The normalized spacial score (nSPS) is 19.6. The fourth-order valence-electron chi connectivity index (χ4n) is 3.14. The number of benzene rings is 2. The van der Waals surface area contributed by atoms with Crippen LogP contribution in [0.15, 0.2) is 60.7 Å². The average molecular weight is 266 g/mol. The Morgan fingerprint density at radius 1 is 0.850 bits per heavy atom. The van der Waals surface area contributed by atoms with Gasteiger partial charge in [-0.05, 0) is 25.0 Å². The Balaban J connectivity index is 2.22. The minimum atomic E-state index is -0.688. The molecule has 1 saturated heterocycles. The van der Waals surface area contributed by atoms with Crippen LogP contribution in [0.5, 0.6) is 0 Å². The first-order valence-electron chi connectivity index (χ1n) is 6.89. The highest BCUT2D eigenvalue weighted by molar-refractivity contribution is 5.90. The van der Waals surface area contributed by atoms with Crippen LogP contribution in [0.3, 0.4) is 0 Å². The maximum Gasteiger partial charge on any atom is 0.321 e. The maximum absolute atomic E-state index is 12.7. The third-order valence-electron chi connectivity index (χ3n) is 3.94. The first kappa shape index (κ1) is 12.9. The minimum Gasteiger partial charge on any atom is -0.459 e. The van der Waals surface area contributed by atoms with Gasteiger partial charge in [-0.25, -0.2) is 0 Å². The highest BCUT2D eigenvalue weighted by Crippen LogP contribution is 2.47. The largest absolute Gasteiger partial charge is 0.459 e. The second-order valence-corrected chi connectivity index (χ2v) is 5.96. The Kier molecular flexibility index (Phi) is 2.89. The predicted octanol–water partition coefficient (Wildman–Crippen LogP) is 3.70. The van der Waals surface area contributed by atoms with Crippen molar-refractivity contribution in [2.75, 3.05) is 0 Å². The molecule has 0 aliphatic carbocycles. The summed E-state index contributed by atoms with van der Waals surface area (Å²) < 4.78 is 5.63. The molecule has 0 aromatic heterocycles. The quantitative estimate of drug-likeness (QED) is 0.775. The van der Waals surface area contributed by atoms with Crippen LogP contribution >= 0.6 is 0 Å². The lowest BCUT2D eigenvalue weighted by Gasteiger charge is -2.26. The zero-order valence-electron chi connectivity index (χ0n) is 11.8. The number of hydrogen-bond acceptors (Lipinski definition) is 2. The standard InChI is InChI=1S/C18H18O2/c1-17(2)13-18(16(19)20-17,14-9-5-3-6-10-14)15-11-7-4-8-12-15/h3-12H,13H2,1-2H3. The molecular formula is C18H18O2. The van der Waals surface area contributed by atoms with Gasteiger partial charge in [0, 0.05) is 6.42 Å². The molecule has 0 bridgehead atoms. The van der Waals surface area contributed by atoms with E-state index in [-0.39, 0.29) is 5.97 Å². The lowest BCUT2D eigenvalue weighted by Crippen LogP contribution is -2.33. The summed E-state index contributed by atoms with van der Waals surface area (Å²) in [4.78, 5) is 12.7. The average Bonchev–Trinajstić information content (AvgIpc) is 2.71. The van der Waals surface area contributed by atoms with Gasteiger partial charge in [0.05, 0.1) is 0 Å². The van der Waals surface area contributed by atoms with Gasteiger partial charge in [-0.1, -0.05) is 60.7 Å². The van der Waals surface area contributed by atoms with Crippen LogP contribution in [0.25, 0.3) is 0 Å². The molecule has 1 aliphatic rings. The number of ether oxygens (including phenoxy) is 1. The van der Waals surface area contributed by atoms with Gasteiger partial charge >= 0.3 is 5.97 Å². The Hall–Kier alpha value is -2.09. The van der Waals surface area contributed by atoms with Crippen molar-refractivity contribution in [3.63, 3.8) is 0 Å². The summed E-state index contributed by atoms with van der Waals surface area (Å²) in [6.45, 7) is 3.94. The summed E-state index contributed by atoms with van der Waals surface area (Å²) in [5.74, 6) is -0.153. The van der Waals surface area contributed by atoms with Gasteiger partial charge in [0.25, 0.3) is 0 Å². The van der Waals surface area contributed by atoms with E-state index in [4.69, 9.17) is 4.74 Å². The fourth-order valence-corrected chi connectivity index (χ4v) is 3.14. The molecule has 102 valence electrons. The molecule has 2 aromatic carbocycles. The smallest absolute Gasteiger partial charge is 0.321 e. The Morgan fingerprint density at radius 2 is 1.30 bits per heavy atom. The van der Waals surface area contributed by atoms with Gasteiger partial charge < -0.3 is 4.74 Å². The Labute approximate surface area is 119 Å². The van der Waals surface area contributed by atoms with Crippen molar-refractivity contribution in [1.82, 2.24) is 0 Å². The van der Waals surface area contributed by atoms with Crippen molar-refractivity contribution in [1.29, 1.82) is 0 Å². The highest BCUT2D eigenvalue weighted by atomic mass is 16.6. The lowest BCUT2D eigenvalue weighted by molar-refractivity contribution is -0.148. The van der Waals surface area contributed by atoms with Gasteiger partial charge in [0.1, 0.15) is 11.0 Å². The predicted molar refractivity (Wildman–Crippen MR) is 78.5 cm³/mol. The molecule has 0 N–H and O–H groups in total. The number of esters is 1. The van der Waals surface area contributed by atoms with Crippen LogP contribution in [-0.4, -0.2) is 11.6 Å². The number of hydrogen-bond donors (Lipinski definition) is 0. The van der Waals surface area contributed by atoms with E-state index in [1.165, 1.54) is 0 Å². The summed E-state index contributed by atoms with van der Waals surface area (Å²) in [5, 5.41) is 0. The molecule has 0 amide bonds. The second-order valence-electron chi connectivity index (χ2n) is 5.96. The molecule has 2 aromatic rings. The highest BCUT2D eigenvalue weighted by Gasteiger charge is 2.54. The summed E-state index contributed by atoms with van der Waals surface area (Å²) in [6.07, 6.45) is 0.660. The molecule has 1 heterocycles. The van der Waals surface area contributed by atoms with E-state index in [0.29, 0.717) is 6.42 Å². The molecule has 1 fully saturated rings. The molecule has 0 saturated carbocycles. The van der Waals surface area contributed by atoms with Crippen LogP contribution in [0, 0.1) is 0 Å². The molecular weight excluding hydrogens is 248 g/mol. The number of rotatable bonds is 2.